The number of hydrogen-bond acceptors (Lipinski definition) is 1. The minimum absolute atomic E-state index is 0.0648. The van der Waals surface area contributed by atoms with Crippen LogP contribution in [0, 0.1) is 6.92 Å². The summed E-state index contributed by atoms with van der Waals surface area (Å²) in [6.45, 7) is 1.99. The standard InChI is InChI=1S/C8H9NO.V/c1-6-2-4-7(5-3-6)8(9)10;/h2-5H,1H3,(H2,9,10);/q;+1/p-1. The summed E-state index contributed by atoms with van der Waals surface area (Å²) in [5.74, 6) is -0.0648. The molecule has 0 aromatic heterocycles. The van der Waals surface area contributed by atoms with Crippen molar-refractivity contribution in [1.82, 2.24) is 4.17 Å². The molecule has 1 rings (SSSR count). The van der Waals surface area contributed by atoms with Gasteiger partial charge in [-0.15, -0.1) is 0 Å². The molecule has 0 atom stereocenters. The van der Waals surface area contributed by atoms with Crippen molar-refractivity contribution in [1.29, 1.82) is 0 Å². The van der Waals surface area contributed by atoms with E-state index in [2.05, 4.69) is 4.17 Å². The third-order valence-corrected chi connectivity index (χ3v) is 1.73. The minimum atomic E-state index is -0.0648. The first kappa shape index (κ1) is 8.37. The van der Waals surface area contributed by atoms with Gasteiger partial charge in [0.1, 0.15) is 0 Å². The fourth-order valence-corrected chi connectivity index (χ4v) is 0.971. The van der Waals surface area contributed by atoms with Crippen LogP contribution in [-0.4, -0.2) is 5.91 Å². The Kier molecular flexibility index (Phi) is 2.74. The van der Waals surface area contributed by atoms with Crippen molar-refractivity contribution in [3.05, 3.63) is 35.4 Å². The second kappa shape index (κ2) is 3.60. The maximum atomic E-state index is 11.0. The Morgan fingerprint density at radius 1 is 1.36 bits per heavy atom. The zero-order valence-electron chi connectivity index (χ0n) is 6.16. The molecular formula is C8H8NOV. The van der Waals surface area contributed by atoms with Crippen LogP contribution >= 0.6 is 0 Å². The first-order valence-corrected chi connectivity index (χ1v) is 3.95. The molecule has 1 aromatic carbocycles. The summed E-state index contributed by atoms with van der Waals surface area (Å²) in [6.07, 6.45) is 0. The molecule has 0 radical (unpaired) electrons. The summed E-state index contributed by atoms with van der Waals surface area (Å²) in [7, 11) is 0. The second-order valence-electron chi connectivity index (χ2n) is 2.31. The van der Waals surface area contributed by atoms with Gasteiger partial charge in [0.25, 0.3) is 0 Å². The van der Waals surface area contributed by atoms with Crippen molar-refractivity contribution in [3.63, 3.8) is 0 Å². The van der Waals surface area contributed by atoms with Gasteiger partial charge in [0, 0.05) is 0 Å². The van der Waals surface area contributed by atoms with Crippen molar-refractivity contribution >= 4 is 5.91 Å². The van der Waals surface area contributed by atoms with Gasteiger partial charge in [-0.05, 0) is 0 Å². The van der Waals surface area contributed by atoms with Crippen LogP contribution in [0.25, 0.3) is 0 Å². The van der Waals surface area contributed by atoms with Gasteiger partial charge in [0.15, 0.2) is 0 Å². The molecule has 0 heterocycles. The van der Waals surface area contributed by atoms with Crippen molar-refractivity contribution in [3.8, 4) is 0 Å². The third kappa shape index (κ3) is 2.10. The zero-order valence-corrected chi connectivity index (χ0v) is 7.56. The Bertz CT molecular complexity index is 255. The second-order valence-corrected chi connectivity index (χ2v) is 2.66. The molecule has 1 aromatic rings. The fourth-order valence-electron chi connectivity index (χ4n) is 0.769. The number of amides is 1. The van der Waals surface area contributed by atoms with Gasteiger partial charge in [-0.2, -0.15) is 0 Å². The molecule has 0 aliphatic carbocycles. The van der Waals surface area contributed by atoms with Crippen LogP contribution in [0.1, 0.15) is 15.9 Å². The van der Waals surface area contributed by atoms with E-state index in [0.29, 0.717) is 5.56 Å². The van der Waals surface area contributed by atoms with E-state index >= 15 is 0 Å². The van der Waals surface area contributed by atoms with Gasteiger partial charge in [0.2, 0.25) is 0 Å². The Morgan fingerprint density at radius 3 is 2.36 bits per heavy atom. The summed E-state index contributed by atoms with van der Waals surface area (Å²) in [5, 5.41) is 0. The molecule has 0 unspecified atom stereocenters. The third-order valence-electron chi connectivity index (χ3n) is 1.42. The molecule has 11 heavy (non-hydrogen) atoms. The van der Waals surface area contributed by atoms with Crippen LogP contribution in [0.5, 0.6) is 0 Å². The number of carbonyl (C=O) groups is 1. The van der Waals surface area contributed by atoms with Gasteiger partial charge in [-0.25, -0.2) is 0 Å². The van der Waals surface area contributed by atoms with Crippen LogP contribution in [-0.2, 0) is 17.7 Å². The van der Waals surface area contributed by atoms with Crippen LogP contribution in [0.3, 0.4) is 0 Å². The molecule has 0 aliphatic heterocycles. The van der Waals surface area contributed by atoms with E-state index in [1.807, 2.05) is 36.7 Å². The number of benzene rings is 1. The maximum absolute atomic E-state index is 11.0. The Balaban J connectivity index is 2.90. The van der Waals surface area contributed by atoms with Crippen molar-refractivity contribution in [2.24, 2.45) is 0 Å². The predicted octanol–water partition coefficient (Wildman–Crippen LogP) is 1.19. The fraction of sp³-hybridized carbons (Fsp3) is 0.125. The number of rotatable bonds is 1. The van der Waals surface area contributed by atoms with Crippen molar-refractivity contribution < 1.29 is 22.5 Å². The van der Waals surface area contributed by atoms with E-state index in [9.17, 15) is 4.79 Å². The molecule has 56 valence electrons. The first-order chi connectivity index (χ1) is 5.24. The van der Waals surface area contributed by atoms with Gasteiger partial charge >= 0.3 is 74.8 Å². The molecule has 2 nitrogen and oxygen atoms in total. The van der Waals surface area contributed by atoms with E-state index in [1.54, 1.807) is 12.1 Å². The van der Waals surface area contributed by atoms with Crippen molar-refractivity contribution in [2.45, 2.75) is 6.92 Å². The summed E-state index contributed by atoms with van der Waals surface area (Å²) < 4.78 is 2.50. The van der Waals surface area contributed by atoms with Gasteiger partial charge in [-0.3, -0.25) is 0 Å². The monoisotopic (exact) mass is 185 g/mol. The van der Waals surface area contributed by atoms with Crippen molar-refractivity contribution in [2.75, 3.05) is 0 Å². The average molecular weight is 185 g/mol. The normalized spacial score (nSPS) is 9.18. The quantitative estimate of drug-likeness (QED) is 0.699. The molecule has 3 heteroatoms. The van der Waals surface area contributed by atoms with E-state index < -0.39 is 0 Å². The Morgan fingerprint density at radius 2 is 1.91 bits per heavy atom. The van der Waals surface area contributed by atoms with Gasteiger partial charge in [-0.1, -0.05) is 0 Å². The van der Waals surface area contributed by atoms with E-state index in [0.717, 1.165) is 5.56 Å². The van der Waals surface area contributed by atoms with Crippen LogP contribution in [0.2, 0.25) is 0 Å². The summed E-state index contributed by atoms with van der Waals surface area (Å²) in [5.41, 5.74) is 1.85. The van der Waals surface area contributed by atoms with Crippen LogP contribution in [0.15, 0.2) is 24.3 Å². The zero-order chi connectivity index (χ0) is 8.27. The van der Waals surface area contributed by atoms with Crippen LogP contribution in [0.4, 0.5) is 0 Å². The average Bonchev–Trinajstić information content (AvgIpc) is 2.05. The molecule has 0 spiro atoms. The number of aryl methyl sites for hydroxylation is 1. The first-order valence-electron chi connectivity index (χ1n) is 3.25. The molecule has 0 saturated carbocycles. The molecule has 1 amide bonds. The molecule has 0 saturated heterocycles. The SMILES string of the molecule is Cc1ccc(C(=O)[NH][V])cc1. The topological polar surface area (TPSA) is 29.1 Å². The Hall–Kier alpha value is -0.726. The van der Waals surface area contributed by atoms with E-state index in [4.69, 9.17) is 0 Å². The number of nitrogens with one attached hydrogen (secondary N) is 1. The van der Waals surface area contributed by atoms with Crippen LogP contribution < -0.4 is 4.17 Å². The summed E-state index contributed by atoms with van der Waals surface area (Å²) >= 11 is 2.04. The summed E-state index contributed by atoms with van der Waals surface area (Å²) in [6, 6.07) is 7.44. The van der Waals surface area contributed by atoms with Gasteiger partial charge in [0.05, 0.1) is 0 Å². The predicted molar refractivity (Wildman–Crippen MR) is 38.6 cm³/mol. The van der Waals surface area contributed by atoms with E-state index in [-0.39, 0.29) is 5.91 Å². The number of hydrogen-bond donors (Lipinski definition) is 1. The van der Waals surface area contributed by atoms with E-state index in [1.165, 1.54) is 0 Å². The molecule has 0 aliphatic rings. The molecule has 0 bridgehead atoms. The molecular weight excluding hydrogens is 177 g/mol. The number of carbonyl (C=O) groups excluding carboxylic acids is 1. The van der Waals surface area contributed by atoms with Gasteiger partial charge < -0.3 is 0 Å². The Labute approximate surface area is 75.2 Å². The molecule has 0 fully saturated rings. The molecule has 1 N–H and O–H groups in total. The summed E-state index contributed by atoms with van der Waals surface area (Å²) in [4.78, 5) is 11.0.